The van der Waals surface area contributed by atoms with Gasteiger partial charge in [0.15, 0.2) is 0 Å². The maximum atomic E-state index is 4.78. The molecular weight excluding hydrogens is 302 g/mol. The molecule has 4 aromatic rings. The molecule has 0 N–H and O–H groups in total. The Balaban J connectivity index is 1.63. The summed E-state index contributed by atoms with van der Waals surface area (Å²) in [6, 6.07) is 34.1. The van der Waals surface area contributed by atoms with Crippen LogP contribution < -0.4 is 5.32 Å². The van der Waals surface area contributed by atoms with Crippen LogP contribution in [0.1, 0.15) is 0 Å². The first kappa shape index (κ1) is 14.1. The largest absolute Gasteiger partial charge is 0.248 e. The van der Waals surface area contributed by atoms with Crippen molar-refractivity contribution in [2.24, 2.45) is 0 Å². The fourth-order valence-corrected chi connectivity index (χ4v) is 3.45. The first-order chi connectivity index (χ1) is 12.4. The molecule has 0 unspecified atom stereocenters. The summed E-state index contributed by atoms with van der Waals surface area (Å²) in [5.41, 5.74) is 9.47. The van der Waals surface area contributed by atoms with E-state index in [-0.39, 0.29) is 0 Å². The second-order valence-electron chi connectivity index (χ2n) is 6.31. The first-order valence-corrected chi connectivity index (χ1v) is 8.49. The number of nitrogens with zero attached hydrogens (tertiary/aromatic N) is 1. The summed E-state index contributed by atoms with van der Waals surface area (Å²) < 4.78 is 0. The molecule has 1 nitrogen and oxygen atoms in total. The van der Waals surface area contributed by atoms with Crippen molar-refractivity contribution in [1.82, 2.24) is 5.32 Å². The third-order valence-corrected chi connectivity index (χ3v) is 4.74. The van der Waals surface area contributed by atoms with Crippen molar-refractivity contribution >= 4 is 11.4 Å². The average molecular weight is 318 g/mol. The number of hydrogen-bond donors (Lipinski definition) is 0. The Morgan fingerprint density at radius 3 is 1.28 bits per heavy atom. The molecule has 0 amide bonds. The van der Waals surface area contributed by atoms with Crippen molar-refractivity contribution < 1.29 is 0 Å². The minimum atomic E-state index is 1.06. The predicted molar refractivity (Wildman–Crippen MR) is 104 cm³/mol. The van der Waals surface area contributed by atoms with Crippen LogP contribution in [0.25, 0.3) is 33.4 Å². The molecule has 1 heteroatoms. The van der Waals surface area contributed by atoms with Crippen LogP contribution in [-0.2, 0) is 0 Å². The van der Waals surface area contributed by atoms with Crippen LogP contribution in [0.2, 0.25) is 0 Å². The molecule has 0 aliphatic carbocycles. The summed E-state index contributed by atoms with van der Waals surface area (Å²) in [5, 5.41) is 4.78. The Kier molecular flexibility index (Phi) is 3.17. The van der Waals surface area contributed by atoms with Gasteiger partial charge in [-0.25, -0.2) is 5.32 Å². The van der Waals surface area contributed by atoms with E-state index >= 15 is 0 Å². The van der Waals surface area contributed by atoms with Crippen LogP contribution in [0, 0.1) is 0 Å². The predicted octanol–water partition coefficient (Wildman–Crippen LogP) is 6.57. The van der Waals surface area contributed by atoms with E-state index in [0.29, 0.717) is 0 Å². The van der Waals surface area contributed by atoms with Gasteiger partial charge in [0.25, 0.3) is 0 Å². The van der Waals surface area contributed by atoms with Gasteiger partial charge in [-0.15, -0.1) is 0 Å². The molecule has 1 heterocycles. The molecule has 1 radical (unpaired) electrons. The second-order valence-corrected chi connectivity index (χ2v) is 6.31. The highest BCUT2D eigenvalue weighted by atomic mass is 14.9. The third kappa shape index (κ3) is 2.41. The molecule has 0 atom stereocenters. The first-order valence-electron chi connectivity index (χ1n) is 8.49. The number of hydrogen-bond acceptors (Lipinski definition) is 0. The molecule has 0 aromatic heterocycles. The minimum Gasteiger partial charge on any atom is -0.248 e. The fraction of sp³-hybridized carbons (Fsp3) is 0. The van der Waals surface area contributed by atoms with Gasteiger partial charge in [-0.3, -0.25) is 0 Å². The molecule has 4 aromatic carbocycles. The molecule has 117 valence electrons. The van der Waals surface area contributed by atoms with E-state index in [4.69, 9.17) is 5.32 Å². The zero-order valence-electron chi connectivity index (χ0n) is 13.7. The maximum Gasteiger partial charge on any atom is 0.0716 e. The van der Waals surface area contributed by atoms with Crippen LogP contribution in [0.4, 0.5) is 11.4 Å². The standard InChI is InChI=1S/C24H16N/c1-3-7-17(8-4-1)19-11-13-23-21(15-19)22-16-20(12-14-24(22)25-23)18-9-5-2-6-10-18/h1-16H. The van der Waals surface area contributed by atoms with Gasteiger partial charge in [-0.1, -0.05) is 72.8 Å². The van der Waals surface area contributed by atoms with E-state index in [2.05, 4.69) is 84.9 Å². The Bertz CT molecular complexity index is 963. The Labute approximate surface area is 147 Å². The number of benzene rings is 4. The molecule has 0 saturated carbocycles. The maximum absolute atomic E-state index is 4.78. The summed E-state index contributed by atoms with van der Waals surface area (Å²) in [7, 11) is 0. The molecule has 25 heavy (non-hydrogen) atoms. The van der Waals surface area contributed by atoms with E-state index in [1.165, 1.54) is 33.4 Å². The average Bonchev–Trinajstić information content (AvgIpc) is 3.06. The second kappa shape index (κ2) is 5.64. The van der Waals surface area contributed by atoms with Gasteiger partial charge in [-0.2, -0.15) is 0 Å². The number of rotatable bonds is 2. The molecule has 0 saturated heterocycles. The SMILES string of the molecule is c1ccc(-c2ccc3c(c2)-c2cc(-c4ccccc4)ccc2[N]3)cc1. The lowest BCUT2D eigenvalue weighted by Gasteiger charge is -2.06. The van der Waals surface area contributed by atoms with Gasteiger partial charge in [0.05, 0.1) is 11.4 Å². The zero-order valence-corrected chi connectivity index (χ0v) is 13.7. The van der Waals surface area contributed by atoms with Gasteiger partial charge in [-0.05, 0) is 46.5 Å². The topological polar surface area (TPSA) is 14.1 Å². The lowest BCUT2D eigenvalue weighted by atomic mass is 9.96. The van der Waals surface area contributed by atoms with Gasteiger partial charge < -0.3 is 0 Å². The van der Waals surface area contributed by atoms with E-state index in [1.807, 2.05) is 12.1 Å². The molecule has 0 fully saturated rings. The van der Waals surface area contributed by atoms with Gasteiger partial charge in [0.1, 0.15) is 0 Å². The van der Waals surface area contributed by atoms with Crippen LogP contribution in [-0.4, -0.2) is 0 Å². The highest BCUT2D eigenvalue weighted by Crippen LogP contribution is 2.45. The molecule has 0 bridgehead atoms. The molecule has 0 spiro atoms. The van der Waals surface area contributed by atoms with E-state index in [0.717, 1.165) is 11.4 Å². The fourth-order valence-electron chi connectivity index (χ4n) is 3.45. The summed E-state index contributed by atoms with van der Waals surface area (Å²) in [6.07, 6.45) is 0. The lowest BCUT2D eigenvalue weighted by Crippen LogP contribution is -1.82. The van der Waals surface area contributed by atoms with Crippen molar-refractivity contribution in [2.75, 3.05) is 0 Å². The van der Waals surface area contributed by atoms with Crippen LogP contribution in [0.15, 0.2) is 97.1 Å². The third-order valence-electron chi connectivity index (χ3n) is 4.74. The van der Waals surface area contributed by atoms with E-state index in [1.54, 1.807) is 0 Å². The molecule has 5 rings (SSSR count). The highest BCUT2D eigenvalue weighted by Gasteiger charge is 2.20. The summed E-state index contributed by atoms with van der Waals surface area (Å²) in [6.45, 7) is 0. The van der Waals surface area contributed by atoms with Crippen molar-refractivity contribution in [3.8, 4) is 33.4 Å². The zero-order chi connectivity index (χ0) is 16.6. The van der Waals surface area contributed by atoms with Crippen LogP contribution >= 0.6 is 0 Å². The smallest absolute Gasteiger partial charge is 0.0716 e. The van der Waals surface area contributed by atoms with E-state index < -0.39 is 0 Å². The number of fused-ring (bicyclic) bond motifs is 3. The summed E-state index contributed by atoms with van der Waals surface area (Å²) in [4.78, 5) is 0. The minimum absolute atomic E-state index is 1.06. The summed E-state index contributed by atoms with van der Waals surface area (Å²) in [5.74, 6) is 0. The van der Waals surface area contributed by atoms with Gasteiger partial charge in [0, 0.05) is 11.1 Å². The molecule has 1 aliphatic rings. The molecule has 1 aliphatic heterocycles. The Hall–Kier alpha value is -3.32. The van der Waals surface area contributed by atoms with Crippen LogP contribution in [0.3, 0.4) is 0 Å². The van der Waals surface area contributed by atoms with Gasteiger partial charge >= 0.3 is 0 Å². The van der Waals surface area contributed by atoms with Gasteiger partial charge in [0.2, 0.25) is 0 Å². The van der Waals surface area contributed by atoms with Crippen molar-refractivity contribution in [3.63, 3.8) is 0 Å². The quantitative estimate of drug-likeness (QED) is 0.349. The Morgan fingerprint density at radius 2 is 0.840 bits per heavy atom. The van der Waals surface area contributed by atoms with E-state index in [9.17, 15) is 0 Å². The lowest BCUT2D eigenvalue weighted by molar-refractivity contribution is 1.24. The monoisotopic (exact) mass is 318 g/mol. The summed E-state index contributed by atoms with van der Waals surface area (Å²) >= 11 is 0. The highest BCUT2D eigenvalue weighted by molar-refractivity contribution is 5.94. The van der Waals surface area contributed by atoms with Crippen molar-refractivity contribution in [1.29, 1.82) is 0 Å². The normalized spacial score (nSPS) is 11.5. The van der Waals surface area contributed by atoms with Crippen LogP contribution in [0.5, 0.6) is 0 Å². The Morgan fingerprint density at radius 1 is 0.400 bits per heavy atom. The molecular formula is C24H16N. The van der Waals surface area contributed by atoms with Crippen molar-refractivity contribution in [2.45, 2.75) is 0 Å². The van der Waals surface area contributed by atoms with Crippen molar-refractivity contribution in [3.05, 3.63) is 97.1 Å².